The van der Waals surface area contributed by atoms with Gasteiger partial charge in [0, 0.05) is 24.3 Å². The van der Waals surface area contributed by atoms with Gasteiger partial charge in [0.25, 0.3) is 0 Å². The van der Waals surface area contributed by atoms with Gasteiger partial charge in [-0.1, -0.05) is 31.0 Å². The predicted octanol–water partition coefficient (Wildman–Crippen LogP) is 2.86. The van der Waals surface area contributed by atoms with E-state index in [0.29, 0.717) is 12.5 Å². The largest absolute Gasteiger partial charge is 0.341 e. The molecule has 1 aromatic carbocycles. The van der Waals surface area contributed by atoms with Gasteiger partial charge in [0.05, 0.1) is 13.1 Å². The van der Waals surface area contributed by atoms with Crippen LogP contribution in [0.15, 0.2) is 30.3 Å². The summed E-state index contributed by atoms with van der Waals surface area (Å²) in [6.45, 7) is 5.26. The molecular formula is C19H25N3O. The number of carbonyl (C=O) groups is 1. The maximum absolute atomic E-state index is 12.7. The number of para-hydroxylation sites is 1. The fourth-order valence-electron chi connectivity index (χ4n) is 3.96. The minimum atomic E-state index is 0.295. The van der Waals surface area contributed by atoms with Crippen molar-refractivity contribution >= 4 is 16.8 Å². The number of likely N-dealkylation sites (tertiary alicyclic amines) is 1. The summed E-state index contributed by atoms with van der Waals surface area (Å²) in [7, 11) is 0. The van der Waals surface area contributed by atoms with E-state index in [1.165, 1.54) is 42.3 Å². The van der Waals surface area contributed by atoms with E-state index in [-0.39, 0.29) is 0 Å². The van der Waals surface area contributed by atoms with Crippen LogP contribution in [0.3, 0.4) is 0 Å². The topological polar surface area (TPSA) is 28.5 Å². The first kappa shape index (κ1) is 14.8. The number of carbonyl (C=O) groups excluding carboxylic acids is 1. The molecule has 0 radical (unpaired) electrons. The van der Waals surface area contributed by atoms with E-state index in [2.05, 4.69) is 39.8 Å². The van der Waals surface area contributed by atoms with Crippen LogP contribution in [0.1, 0.15) is 31.4 Å². The number of hydrogen-bond donors (Lipinski definition) is 0. The van der Waals surface area contributed by atoms with Gasteiger partial charge < -0.3 is 9.47 Å². The third-order valence-electron chi connectivity index (χ3n) is 5.25. The highest BCUT2D eigenvalue weighted by molar-refractivity contribution is 5.82. The number of benzene rings is 1. The average molecular weight is 311 g/mol. The van der Waals surface area contributed by atoms with Crippen molar-refractivity contribution in [2.45, 2.75) is 38.8 Å². The zero-order valence-electron chi connectivity index (χ0n) is 13.7. The van der Waals surface area contributed by atoms with Crippen LogP contribution in [0.5, 0.6) is 0 Å². The molecule has 4 rings (SSSR count). The molecule has 2 aliphatic rings. The van der Waals surface area contributed by atoms with Crippen LogP contribution in [0.2, 0.25) is 0 Å². The zero-order valence-corrected chi connectivity index (χ0v) is 13.7. The van der Waals surface area contributed by atoms with Gasteiger partial charge in [-0.15, -0.1) is 0 Å². The van der Waals surface area contributed by atoms with Crippen LogP contribution in [0, 0.1) is 0 Å². The molecule has 2 aromatic rings. The second-order valence-corrected chi connectivity index (χ2v) is 6.85. The third kappa shape index (κ3) is 3.00. The number of hydrogen-bond acceptors (Lipinski definition) is 2. The van der Waals surface area contributed by atoms with E-state index in [1.807, 2.05) is 4.90 Å². The Kier molecular flexibility index (Phi) is 4.08. The quantitative estimate of drug-likeness (QED) is 0.853. The smallest absolute Gasteiger partial charge is 0.237 e. The summed E-state index contributed by atoms with van der Waals surface area (Å²) in [6.07, 6.45) is 5.10. The van der Waals surface area contributed by atoms with Crippen molar-refractivity contribution in [3.05, 3.63) is 36.0 Å². The van der Waals surface area contributed by atoms with Gasteiger partial charge in [0.1, 0.15) is 0 Å². The Morgan fingerprint density at radius 1 is 0.957 bits per heavy atom. The molecule has 1 fully saturated rings. The van der Waals surface area contributed by atoms with Crippen molar-refractivity contribution in [2.75, 3.05) is 26.2 Å². The Hall–Kier alpha value is -1.81. The highest BCUT2D eigenvalue weighted by Crippen LogP contribution is 2.24. The highest BCUT2D eigenvalue weighted by atomic mass is 16.2. The Bertz CT molecular complexity index is 698. The fraction of sp³-hybridized carbons (Fsp3) is 0.526. The van der Waals surface area contributed by atoms with Crippen molar-refractivity contribution in [3.8, 4) is 0 Å². The number of fused-ring (bicyclic) bond motifs is 3. The maximum atomic E-state index is 12.7. The predicted molar refractivity (Wildman–Crippen MR) is 92.3 cm³/mol. The van der Waals surface area contributed by atoms with Gasteiger partial charge in [0.2, 0.25) is 5.91 Å². The number of amides is 1. The van der Waals surface area contributed by atoms with E-state index >= 15 is 0 Å². The monoisotopic (exact) mass is 311 g/mol. The molecule has 4 nitrogen and oxygen atoms in total. The number of nitrogens with zero attached hydrogens (tertiary/aromatic N) is 3. The van der Waals surface area contributed by atoms with E-state index in [9.17, 15) is 4.79 Å². The van der Waals surface area contributed by atoms with Crippen LogP contribution in [0.25, 0.3) is 10.9 Å². The number of rotatable bonds is 2. The van der Waals surface area contributed by atoms with Crippen molar-refractivity contribution < 1.29 is 4.79 Å². The van der Waals surface area contributed by atoms with Crippen LogP contribution in [-0.4, -0.2) is 46.5 Å². The van der Waals surface area contributed by atoms with Gasteiger partial charge in [-0.3, -0.25) is 9.69 Å². The molecule has 2 aliphatic heterocycles. The van der Waals surface area contributed by atoms with Crippen molar-refractivity contribution in [1.29, 1.82) is 0 Å². The molecule has 1 amide bonds. The first-order chi connectivity index (χ1) is 11.3. The van der Waals surface area contributed by atoms with Crippen LogP contribution in [-0.2, 0) is 17.9 Å². The molecule has 0 bridgehead atoms. The number of aromatic nitrogens is 1. The summed E-state index contributed by atoms with van der Waals surface area (Å²) in [5, 5.41) is 1.28. The molecule has 0 N–H and O–H groups in total. The highest BCUT2D eigenvalue weighted by Gasteiger charge is 2.23. The molecule has 0 aliphatic carbocycles. The molecule has 1 aromatic heterocycles. The molecule has 122 valence electrons. The van der Waals surface area contributed by atoms with Crippen LogP contribution >= 0.6 is 0 Å². The summed E-state index contributed by atoms with van der Waals surface area (Å²) >= 11 is 0. The van der Waals surface area contributed by atoms with Crippen LogP contribution in [0.4, 0.5) is 0 Å². The fourth-order valence-corrected chi connectivity index (χ4v) is 3.96. The zero-order chi connectivity index (χ0) is 15.6. The second-order valence-electron chi connectivity index (χ2n) is 6.85. The lowest BCUT2D eigenvalue weighted by atomic mass is 10.2. The van der Waals surface area contributed by atoms with Crippen molar-refractivity contribution in [2.24, 2.45) is 0 Å². The van der Waals surface area contributed by atoms with Gasteiger partial charge in [-0.25, -0.2) is 0 Å². The average Bonchev–Trinajstić information content (AvgIpc) is 2.74. The van der Waals surface area contributed by atoms with Gasteiger partial charge in [-0.2, -0.15) is 0 Å². The second kappa shape index (κ2) is 6.36. The lowest BCUT2D eigenvalue weighted by Crippen LogP contribution is -2.44. The molecule has 23 heavy (non-hydrogen) atoms. The maximum Gasteiger partial charge on any atom is 0.237 e. The Labute approximate surface area is 137 Å². The summed E-state index contributed by atoms with van der Waals surface area (Å²) in [5.74, 6) is 0.295. The molecule has 0 saturated carbocycles. The lowest BCUT2D eigenvalue weighted by Gasteiger charge is -2.31. The van der Waals surface area contributed by atoms with E-state index in [1.54, 1.807) is 0 Å². The minimum Gasteiger partial charge on any atom is -0.341 e. The SMILES string of the molecule is O=C(CN1CCCCCC1)N1CCn2c(cc3ccccc32)C1. The summed E-state index contributed by atoms with van der Waals surface area (Å²) in [6, 6.07) is 10.7. The standard InChI is InChI=1S/C19H25N3O/c23-19(15-20-9-5-1-2-6-10-20)21-11-12-22-17(14-21)13-16-7-3-4-8-18(16)22/h3-4,7-8,13H,1-2,5-6,9-12,14-15H2. The molecule has 4 heteroatoms. The molecule has 0 spiro atoms. The molecule has 3 heterocycles. The lowest BCUT2D eigenvalue weighted by molar-refractivity contribution is -0.133. The van der Waals surface area contributed by atoms with Crippen molar-refractivity contribution in [1.82, 2.24) is 14.4 Å². The van der Waals surface area contributed by atoms with E-state index in [4.69, 9.17) is 0 Å². The van der Waals surface area contributed by atoms with E-state index in [0.717, 1.165) is 32.7 Å². The van der Waals surface area contributed by atoms with Crippen LogP contribution < -0.4 is 0 Å². The summed E-state index contributed by atoms with van der Waals surface area (Å²) in [5.41, 5.74) is 2.56. The first-order valence-electron chi connectivity index (χ1n) is 8.88. The normalized spacial score (nSPS) is 19.6. The Balaban J connectivity index is 1.45. The van der Waals surface area contributed by atoms with Gasteiger partial charge in [0.15, 0.2) is 0 Å². The Morgan fingerprint density at radius 2 is 1.74 bits per heavy atom. The summed E-state index contributed by atoms with van der Waals surface area (Å²) < 4.78 is 2.37. The Morgan fingerprint density at radius 3 is 2.57 bits per heavy atom. The summed E-state index contributed by atoms with van der Waals surface area (Å²) in [4.78, 5) is 17.1. The molecule has 0 atom stereocenters. The van der Waals surface area contributed by atoms with Gasteiger partial charge in [-0.05, 0) is 43.5 Å². The third-order valence-corrected chi connectivity index (χ3v) is 5.25. The minimum absolute atomic E-state index is 0.295. The van der Waals surface area contributed by atoms with Gasteiger partial charge >= 0.3 is 0 Å². The molecular weight excluding hydrogens is 286 g/mol. The first-order valence-corrected chi connectivity index (χ1v) is 8.88. The molecule has 0 unspecified atom stereocenters. The molecule has 1 saturated heterocycles. The van der Waals surface area contributed by atoms with Crippen molar-refractivity contribution in [3.63, 3.8) is 0 Å². The van der Waals surface area contributed by atoms with E-state index < -0.39 is 0 Å².